The molecule has 0 aromatic heterocycles. The van der Waals surface area contributed by atoms with Gasteiger partial charge in [0, 0.05) is 7.05 Å². The van der Waals surface area contributed by atoms with E-state index >= 15 is 0 Å². The summed E-state index contributed by atoms with van der Waals surface area (Å²) in [6.07, 6.45) is 0. The van der Waals surface area contributed by atoms with E-state index in [1.807, 2.05) is 49.3 Å². The molecule has 0 aliphatic carbocycles. The van der Waals surface area contributed by atoms with Gasteiger partial charge in [0.2, 0.25) is 5.91 Å². The van der Waals surface area contributed by atoms with E-state index < -0.39 is 6.04 Å². The summed E-state index contributed by atoms with van der Waals surface area (Å²) in [5, 5.41) is 5.44. The van der Waals surface area contributed by atoms with Gasteiger partial charge in [-0.15, -0.1) is 0 Å². The summed E-state index contributed by atoms with van der Waals surface area (Å²) in [6.45, 7) is 0. The quantitative estimate of drug-likeness (QED) is 0.890. The zero-order chi connectivity index (χ0) is 16.8. The third-order valence-electron chi connectivity index (χ3n) is 3.54. The van der Waals surface area contributed by atoms with Crippen LogP contribution in [0.1, 0.15) is 22.0 Å². The highest BCUT2D eigenvalue weighted by molar-refractivity contribution is 6.04. The lowest BCUT2D eigenvalue weighted by molar-refractivity contribution is -0.120. The number of amides is 2. The Morgan fingerprint density at radius 2 is 1.57 bits per heavy atom. The number of carbonyl (C=O) groups is 2. The molecule has 1 unspecified atom stereocenters. The Hall–Kier alpha value is -2.66. The summed E-state index contributed by atoms with van der Waals surface area (Å²) in [5.41, 5.74) is 1.83. The van der Waals surface area contributed by atoms with E-state index in [-0.39, 0.29) is 11.8 Å². The number of anilines is 1. The molecule has 0 saturated carbocycles. The number of benzene rings is 2. The Balaban J connectivity index is 2.29. The van der Waals surface area contributed by atoms with Gasteiger partial charge >= 0.3 is 0 Å². The maximum absolute atomic E-state index is 12.7. The van der Waals surface area contributed by atoms with Crippen LogP contribution in [-0.2, 0) is 4.79 Å². The van der Waals surface area contributed by atoms with Crippen molar-refractivity contribution in [3.8, 4) is 0 Å². The number of carbonyl (C=O) groups excluding carboxylic acids is 2. The fourth-order valence-electron chi connectivity index (χ4n) is 2.45. The molecule has 5 heteroatoms. The fraction of sp³-hybridized carbons (Fsp3) is 0.222. The van der Waals surface area contributed by atoms with E-state index in [2.05, 4.69) is 10.6 Å². The lowest BCUT2D eigenvalue weighted by Crippen LogP contribution is -2.33. The van der Waals surface area contributed by atoms with E-state index in [0.717, 1.165) is 5.56 Å². The molecule has 0 heterocycles. The van der Waals surface area contributed by atoms with Crippen LogP contribution in [0.5, 0.6) is 0 Å². The van der Waals surface area contributed by atoms with Gasteiger partial charge in [0.15, 0.2) is 0 Å². The van der Waals surface area contributed by atoms with Crippen LogP contribution in [0.4, 0.5) is 5.69 Å². The van der Waals surface area contributed by atoms with Crippen molar-refractivity contribution in [2.24, 2.45) is 0 Å². The molecule has 0 bridgehead atoms. The zero-order valence-corrected chi connectivity index (χ0v) is 13.5. The molecule has 5 nitrogen and oxygen atoms in total. The van der Waals surface area contributed by atoms with Gasteiger partial charge in [-0.2, -0.15) is 0 Å². The van der Waals surface area contributed by atoms with Crippen LogP contribution in [-0.4, -0.2) is 37.9 Å². The van der Waals surface area contributed by atoms with E-state index in [1.54, 1.807) is 31.3 Å². The standard InChI is InChI=1S/C18H21N3O2/c1-19-17(22)14-11-7-8-12-15(14)20-18(23)16(21(2)3)13-9-5-4-6-10-13/h4-12,16H,1-3H3,(H,19,22)(H,20,23). The highest BCUT2D eigenvalue weighted by Crippen LogP contribution is 2.22. The lowest BCUT2D eigenvalue weighted by atomic mass is 10.0. The number of hydrogen-bond acceptors (Lipinski definition) is 3. The first-order valence-corrected chi connectivity index (χ1v) is 7.38. The summed E-state index contributed by atoms with van der Waals surface area (Å²) >= 11 is 0. The van der Waals surface area contributed by atoms with Crippen molar-refractivity contribution >= 4 is 17.5 Å². The monoisotopic (exact) mass is 311 g/mol. The minimum atomic E-state index is -0.436. The maximum atomic E-state index is 12.7. The van der Waals surface area contributed by atoms with Gasteiger partial charge in [0.05, 0.1) is 11.3 Å². The molecule has 0 aliphatic heterocycles. The highest BCUT2D eigenvalue weighted by Gasteiger charge is 2.24. The van der Waals surface area contributed by atoms with Crippen molar-refractivity contribution in [3.05, 3.63) is 65.7 Å². The van der Waals surface area contributed by atoms with Gasteiger partial charge in [-0.25, -0.2) is 0 Å². The second kappa shape index (κ2) is 7.56. The molecule has 23 heavy (non-hydrogen) atoms. The minimum Gasteiger partial charge on any atom is -0.355 e. The lowest BCUT2D eigenvalue weighted by Gasteiger charge is -2.24. The average Bonchev–Trinajstić information content (AvgIpc) is 2.55. The molecule has 120 valence electrons. The summed E-state index contributed by atoms with van der Waals surface area (Å²) in [4.78, 5) is 26.5. The Morgan fingerprint density at radius 1 is 0.957 bits per heavy atom. The molecule has 0 fully saturated rings. The van der Waals surface area contributed by atoms with Gasteiger partial charge < -0.3 is 10.6 Å². The van der Waals surface area contributed by atoms with Gasteiger partial charge in [-0.1, -0.05) is 42.5 Å². The molecule has 0 aliphatic rings. The summed E-state index contributed by atoms with van der Waals surface area (Å²) < 4.78 is 0. The predicted molar refractivity (Wildman–Crippen MR) is 91.3 cm³/mol. The van der Waals surface area contributed by atoms with Crippen LogP contribution in [0, 0.1) is 0 Å². The minimum absolute atomic E-state index is 0.183. The summed E-state index contributed by atoms with van der Waals surface area (Å²) in [6, 6.07) is 16.1. The molecule has 2 rings (SSSR count). The molecule has 0 radical (unpaired) electrons. The molecule has 1 atom stereocenters. The van der Waals surface area contributed by atoms with E-state index in [4.69, 9.17) is 0 Å². The van der Waals surface area contributed by atoms with E-state index in [1.165, 1.54) is 0 Å². The Morgan fingerprint density at radius 3 is 2.17 bits per heavy atom. The molecule has 0 spiro atoms. The molecule has 2 aromatic carbocycles. The molecular formula is C18H21N3O2. The van der Waals surface area contributed by atoms with Gasteiger partial charge in [-0.05, 0) is 31.8 Å². The van der Waals surface area contributed by atoms with Crippen LogP contribution in [0.25, 0.3) is 0 Å². The van der Waals surface area contributed by atoms with Crippen molar-refractivity contribution in [2.75, 3.05) is 26.5 Å². The molecule has 0 saturated heterocycles. The Kier molecular flexibility index (Phi) is 5.49. The first-order valence-electron chi connectivity index (χ1n) is 7.38. The number of nitrogens with one attached hydrogen (secondary N) is 2. The third kappa shape index (κ3) is 3.96. The normalized spacial score (nSPS) is 11.8. The Bertz CT molecular complexity index is 684. The van der Waals surface area contributed by atoms with E-state index in [0.29, 0.717) is 11.3 Å². The average molecular weight is 311 g/mol. The maximum Gasteiger partial charge on any atom is 0.253 e. The van der Waals surface area contributed by atoms with Crippen LogP contribution < -0.4 is 10.6 Å². The topological polar surface area (TPSA) is 61.4 Å². The van der Waals surface area contributed by atoms with Crippen LogP contribution in [0.3, 0.4) is 0 Å². The number of para-hydroxylation sites is 1. The van der Waals surface area contributed by atoms with Crippen LogP contribution >= 0.6 is 0 Å². The second-order valence-corrected chi connectivity index (χ2v) is 5.39. The molecular weight excluding hydrogens is 290 g/mol. The molecule has 2 N–H and O–H groups in total. The largest absolute Gasteiger partial charge is 0.355 e. The van der Waals surface area contributed by atoms with Crippen molar-refractivity contribution in [1.82, 2.24) is 10.2 Å². The van der Waals surface area contributed by atoms with Crippen molar-refractivity contribution in [1.29, 1.82) is 0 Å². The van der Waals surface area contributed by atoms with Gasteiger partial charge in [0.1, 0.15) is 6.04 Å². The smallest absolute Gasteiger partial charge is 0.253 e. The van der Waals surface area contributed by atoms with Crippen LogP contribution in [0.2, 0.25) is 0 Å². The van der Waals surface area contributed by atoms with Crippen molar-refractivity contribution < 1.29 is 9.59 Å². The van der Waals surface area contributed by atoms with Crippen LogP contribution in [0.15, 0.2) is 54.6 Å². The van der Waals surface area contributed by atoms with Gasteiger partial charge in [0.25, 0.3) is 5.91 Å². The molecule has 2 aromatic rings. The zero-order valence-electron chi connectivity index (χ0n) is 13.5. The fourth-order valence-corrected chi connectivity index (χ4v) is 2.45. The number of likely N-dealkylation sites (N-methyl/N-ethyl adjacent to an activating group) is 1. The number of rotatable bonds is 5. The highest BCUT2D eigenvalue weighted by atomic mass is 16.2. The van der Waals surface area contributed by atoms with Crippen molar-refractivity contribution in [3.63, 3.8) is 0 Å². The number of hydrogen-bond donors (Lipinski definition) is 2. The second-order valence-electron chi connectivity index (χ2n) is 5.39. The van der Waals surface area contributed by atoms with E-state index in [9.17, 15) is 9.59 Å². The molecule has 2 amide bonds. The van der Waals surface area contributed by atoms with Gasteiger partial charge in [-0.3, -0.25) is 14.5 Å². The third-order valence-corrected chi connectivity index (χ3v) is 3.54. The Labute approximate surface area is 136 Å². The SMILES string of the molecule is CNC(=O)c1ccccc1NC(=O)C(c1ccccc1)N(C)C. The number of nitrogens with zero attached hydrogens (tertiary/aromatic N) is 1. The predicted octanol–water partition coefficient (Wildman–Crippen LogP) is 2.29. The first kappa shape index (κ1) is 16.7. The summed E-state index contributed by atoms with van der Waals surface area (Å²) in [5.74, 6) is -0.417. The van der Waals surface area contributed by atoms with Crippen molar-refractivity contribution in [2.45, 2.75) is 6.04 Å². The summed E-state index contributed by atoms with van der Waals surface area (Å²) in [7, 11) is 5.26. The first-order chi connectivity index (χ1) is 11.0.